The molecule has 2 aromatic rings. The van der Waals surface area contributed by atoms with Crippen molar-refractivity contribution in [3.05, 3.63) is 57.1 Å². The molecule has 0 radical (unpaired) electrons. The van der Waals surface area contributed by atoms with E-state index in [0.29, 0.717) is 11.1 Å². The highest BCUT2D eigenvalue weighted by Gasteiger charge is 2.28. The van der Waals surface area contributed by atoms with Gasteiger partial charge in [-0.1, -0.05) is 6.07 Å². The van der Waals surface area contributed by atoms with Crippen molar-refractivity contribution in [2.45, 2.75) is 18.7 Å². The van der Waals surface area contributed by atoms with Gasteiger partial charge in [0.2, 0.25) is 0 Å². The molecule has 2 aromatic carbocycles. The number of hydrogen-bond acceptors (Lipinski definition) is 6. The second-order valence-corrected chi connectivity index (χ2v) is 7.16. The number of anilines is 1. The van der Waals surface area contributed by atoms with Crippen LogP contribution in [0.15, 0.2) is 35.2 Å². The number of nitro benzene ring substituents is 1. The van der Waals surface area contributed by atoms with E-state index in [1.54, 1.807) is 19.9 Å². The van der Waals surface area contributed by atoms with Gasteiger partial charge in [0.25, 0.3) is 15.7 Å². The van der Waals surface area contributed by atoms with Crippen LogP contribution in [0.25, 0.3) is 0 Å². The molecule has 0 aliphatic carbocycles. The molecular formula is C16H16N2O7S. The maximum absolute atomic E-state index is 12.7. The lowest BCUT2D eigenvalue weighted by atomic mass is 10.0. The zero-order valence-corrected chi connectivity index (χ0v) is 15.0. The maximum Gasteiger partial charge on any atom is 0.337 e. The largest absolute Gasteiger partial charge is 0.497 e. The van der Waals surface area contributed by atoms with Crippen LogP contribution in [0.1, 0.15) is 21.5 Å². The Labute approximate surface area is 149 Å². The fourth-order valence-electron chi connectivity index (χ4n) is 2.46. The van der Waals surface area contributed by atoms with Gasteiger partial charge in [-0.05, 0) is 43.2 Å². The maximum atomic E-state index is 12.7. The van der Waals surface area contributed by atoms with Crippen molar-refractivity contribution in [1.82, 2.24) is 0 Å². The third kappa shape index (κ3) is 3.75. The number of carboxylic acid groups (broad SMARTS) is 1. The molecule has 0 fully saturated rings. The summed E-state index contributed by atoms with van der Waals surface area (Å²) in [6.07, 6.45) is 0. The molecule has 10 heteroatoms. The Morgan fingerprint density at radius 1 is 1.23 bits per heavy atom. The van der Waals surface area contributed by atoms with E-state index in [-0.39, 0.29) is 17.0 Å². The predicted molar refractivity (Wildman–Crippen MR) is 93.3 cm³/mol. The molecule has 2 rings (SSSR count). The number of carbonyl (C=O) groups is 1. The summed E-state index contributed by atoms with van der Waals surface area (Å²) in [6, 6.07) is 6.20. The van der Waals surface area contributed by atoms with E-state index in [1.165, 1.54) is 19.2 Å². The first kappa shape index (κ1) is 19.2. The number of aromatic carboxylic acids is 1. The number of sulfonamides is 1. The molecule has 2 N–H and O–H groups in total. The number of nitrogens with one attached hydrogen (secondary N) is 1. The molecule has 138 valence electrons. The van der Waals surface area contributed by atoms with Gasteiger partial charge in [0, 0.05) is 0 Å². The van der Waals surface area contributed by atoms with Gasteiger partial charge in [0.15, 0.2) is 4.90 Å². The van der Waals surface area contributed by atoms with Crippen LogP contribution in [-0.4, -0.2) is 31.5 Å². The summed E-state index contributed by atoms with van der Waals surface area (Å²) in [5.74, 6) is -1.20. The highest BCUT2D eigenvalue weighted by Crippen LogP contribution is 2.31. The first-order chi connectivity index (χ1) is 12.1. The highest BCUT2D eigenvalue weighted by molar-refractivity contribution is 7.92. The fraction of sp³-hybridized carbons (Fsp3) is 0.188. The minimum Gasteiger partial charge on any atom is -0.497 e. The van der Waals surface area contributed by atoms with E-state index in [4.69, 9.17) is 4.74 Å². The average molecular weight is 380 g/mol. The summed E-state index contributed by atoms with van der Waals surface area (Å²) in [4.78, 5) is 21.2. The van der Waals surface area contributed by atoms with E-state index >= 15 is 0 Å². The first-order valence-electron chi connectivity index (χ1n) is 7.26. The molecule has 0 bridgehead atoms. The zero-order valence-electron chi connectivity index (χ0n) is 14.1. The molecule has 9 nitrogen and oxygen atoms in total. The number of methoxy groups -OCH3 is 1. The predicted octanol–water partition coefficient (Wildman–Crippen LogP) is 2.72. The Bertz CT molecular complexity index is 1000. The standard InChI is InChI=1S/C16H16N2O7S/c1-9-6-10(2)15(12(7-9)16(19)20)17-26(23,24)14-5-4-11(25-3)8-13(14)18(21)22/h4-8,17H,1-3H3,(H,19,20). The number of nitro groups is 1. The van der Waals surface area contributed by atoms with Crippen molar-refractivity contribution < 1.29 is 28.0 Å². The third-order valence-corrected chi connectivity index (χ3v) is 5.00. The molecule has 0 aliphatic heterocycles. The Morgan fingerprint density at radius 3 is 2.42 bits per heavy atom. The van der Waals surface area contributed by atoms with Gasteiger partial charge in [-0.3, -0.25) is 14.8 Å². The minimum atomic E-state index is -4.42. The summed E-state index contributed by atoms with van der Waals surface area (Å²) in [5, 5.41) is 20.6. The van der Waals surface area contributed by atoms with Gasteiger partial charge in [-0.15, -0.1) is 0 Å². The molecule has 0 spiro atoms. The lowest BCUT2D eigenvalue weighted by Gasteiger charge is -2.14. The van der Waals surface area contributed by atoms with Crippen molar-refractivity contribution in [3.8, 4) is 5.75 Å². The Balaban J connectivity index is 2.61. The molecule has 0 saturated carbocycles. The average Bonchev–Trinajstić information content (AvgIpc) is 2.56. The summed E-state index contributed by atoms with van der Waals surface area (Å²) >= 11 is 0. The molecule has 0 aromatic heterocycles. The van der Waals surface area contributed by atoms with E-state index in [2.05, 4.69) is 4.72 Å². The fourth-order valence-corrected chi connectivity index (χ4v) is 3.76. The quantitative estimate of drug-likeness (QED) is 0.581. The van der Waals surface area contributed by atoms with Crippen molar-refractivity contribution in [2.24, 2.45) is 0 Å². The smallest absolute Gasteiger partial charge is 0.337 e. The highest BCUT2D eigenvalue weighted by atomic mass is 32.2. The van der Waals surface area contributed by atoms with Gasteiger partial charge >= 0.3 is 5.97 Å². The third-order valence-electron chi connectivity index (χ3n) is 3.60. The minimum absolute atomic E-state index is 0.119. The summed E-state index contributed by atoms with van der Waals surface area (Å²) in [5.41, 5.74) is -0.0608. The number of benzene rings is 2. The first-order valence-corrected chi connectivity index (χ1v) is 8.75. The lowest BCUT2D eigenvalue weighted by molar-refractivity contribution is -0.387. The van der Waals surface area contributed by atoms with Gasteiger partial charge in [-0.25, -0.2) is 13.2 Å². The van der Waals surface area contributed by atoms with Crippen molar-refractivity contribution >= 4 is 27.4 Å². The van der Waals surface area contributed by atoms with Crippen LogP contribution in [-0.2, 0) is 10.0 Å². The number of aryl methyl sites for hydroxylation is 2. The van der Waals surface area contributed by atoms with Gasteiger partial charge in [0.1, 0.15) is 5.75 Å². The monoisotopic (exact) mass is 380 g/mol. The second kappa shape index (κ2) is 7.00. The van der Waals surface area contributed by atoms with Crippen LogP contribution >= 0.6 is 0 Å². The van der Waals surface area contributed by atoms with E-state index in [1.807, 2.05) is 0 Å². The van der Waals surface area contributed by atoms with E-state index < -0.39 is 31.5 Å². The number of nitrogens with zero attached hydrogens (tertiary/aromatic N) is 1. The van der Waals surface area contributed by atoms with E-state index in [0.717, 1.165) is 12.1 Å². The molecule has 0 heterocycles. The molecule has 0 saturated heterocycles. The molecule has 26 heavy (non-hydrogen) atoms. The zero-order chi connectivity index (χ0) is 19.6. The molecule has 0 unspecified atom stereocenters. The summed E-state index contributed by atoms with van der Waals surface area (Å²) < 4.78 is 32.4. The van der Waals surface area contributed by atoms with Crippen LogP contribution < -0.4 is 9.46 Å². The molecular weight excluding hydrogens is 364 g/mol. The summed E-state index contributed by atoms with van der Waals surface area (Å²) in [6.45, 7) is 3.21. The van der Waals surface area contributed by atoms with Crippen LogP contribution in [0.5, 0.6) is 5.75 Å². The normalized spacial score (nSPS) is 11.0. The molecule has 0 amide bonds. The Hall–Kier alpha value is -3.14. The molecule has 0 atom stereocenters. The van der Waals surface area contributed by atoms with E-state index in [9.17, 15) is 28.4 Å². The number of ether oxygens (including phenoxy) is 1. The van der Waals surface area contributed by atoms with Crippen molar-refractivity contribution in [3.63, 3.8) is 0 Å². The Kier molecular flexibility index (Phi) is 5.17. The summed E-state index contributed by atoms with van der Waals surface area (Å²) in [7, 11) is -3.12. The second-order valence-electron chi connectivity index (χ2n) is 5.51. The van der Waals surface area contributed by atoms with Crippen LogP contribution in [0.4, 0.5) is 11.4 Å². The van der Waals surface area contributed by atoms with Crippen LogP contribution in [0.2, 0.25) is 0 Å². The number of hydrogen-bond donors (Lipinski definition) is 2. The number of rotatable bonds is 6. The van der Waals surface area contributed by atoms with Crippen LogP contribution in [0.3, 0.4) is 0 Å². The van der Waals surface area contributed by atoms with Crippen molar-refractivity contribution in [1.29, 1.82) is 0 Å². The topological polar surface area (TPSA) is 136 Å². The molecule has 0 aliphatic rings. The van der Waals surface area contributed by atoms with Crippen molar-refractivity contribution in [2.75, 3.05) is 11.8 Å². The van der Waals surface area contributed by atoms with Gasteiger partial charge in [0.05, 0.1) is 29.4 Å². The number of carboxylic acids is 1. The Morgan fingerprint density at radius 2 is 1.88 bits per heavy atom. The lowest BCUT2D eigenvalue weighted by Crippen LogP contribution is -2.18. The van der Waals surface area contributed by atoms with Gasteiger partial charge < -0.3 is 9.84 Å². The van der Waals surface area contributed by atoms with Crippen LogP contribution in [0, 0.1) is 24.0 Å². The SMILES string of the molecule is COc1ccc(S(=O)(=O)Nc2c(C)cc(C)cc2C(=O)O)c([N+](=O)[O-])c1. The van der Waals surface area contributed by atoms with Gasteiger partial charge in [-0.2, -0.15) is 0 Å².